The van der Waals surface area contributed by atoms with Crippen LogP contribution in [0.2, 0.25) is 0 Å². The first kappa shape index (κ1) is 13.8. The quantitative estimate of drug-likeness (QED) is 0.473. The lowest BCUT2D eigenvalue weighted by Crippen LogP contribution is -2.23. The van der Waals surface area contributed by atoms with E-state index in [4.69, 9.17) is 10.6 Å². The molecule has 7 nitrogen and oxygen atoms in total. The summed E-state index contributed by atoms with van der Waals surface area (Å²) in [5.74, 6) is 7.48. The number of aromatic nitrogens is 3. The SMILES string of the molecule is NNc1nc(SCC2CCCO2)nc(N2CCCC2)n1. The number of ether oxygens (including phenoxy) is 1. The molecule has 8 heteroatoms. The molecule has 0 radical (unpaired) electrons. The van der Waals surface area contributed by atoms with E-state index < -0.39 is 0 Å². The van der Waals surface area contributed by atoms with Gasteiger partial charge in [-0.05, 0) is 25.7 Å². The van der Waals surface area contributed by atoms with Gasteiger partial charge in [0.25, 0.3) is 0 Å². The van der Waals surface area contributed by atoms with Crippen molar-refractivity contribution in [2.75, 3.05) is 35.8 Å². The van der Waals surface area contributed by atoms with E-state index in [1.807, 2.05) is 0 Å². The maximum absolute atomic E-state index is 5.62. The third kappa shape index (κ3) is 3.31. The van der Waals surface area contributed by atoms with Gasteiger partial charge in [-0.25, -0.2) is 5.84 Å². The molecule has 3 N–H and O–H groups in total. The molecule has 0 aromatic carbocycles. The zero-order chi connectivity index (χ0) is 13.8. The molecule has 3 heterocycles. The molecule has 0 bridgehead atoms. The molecular formula is C12H20N6OS. The first-order valence-electron chi connectivity index (χ1n) is 7.07. The zero-order valence-electron chi connectivity index (χ0n) is 11.4. The Hall–Kier alpha value is -1.12. The molecule has 1 unspecified atom stereocenters. The molecule has 2 aliphatic rings. The highest BCUT2D eigenvalue weighted by Gasteiger charge is 2.19. The van der Waals surface area contributed by atoms with Crippen LogP contribution in [0.5, 0.6) is 0 Å². The van der Waals surface area contributed by atoms with E-state index in [0.717, 1.165) is 44.2 Å². The van der Waals surface area contributed by atoms with Gasteiger partial charge in [-0.1, -0.05) is 11.8 Å². The number of nitrogens with two attached hydrogens (primary N) is 1. The Kier molecular flexibility index (Phi) is 4.54. The fourth-order valence-electron chi connectivity index (χ4n) is 2.48. The lowest BCUT2D eigenvalue weighted by molar-refractivity contribution is 0.129. The molecular weight excluding hydrogens is 276 g/mol. The van der Waals surface area contributed by atoms with Crippen molar-refractivity contribution in [1.29, 1.82) is 0 Å². The second-order valence-corrected chi connectivity index (χ2v) is 6.01. The fourth-order valence-corrected chi connectivity index (χ4v) is 3.37. The molecule has 20 heavy (non-hydrogen) atoms. The maximum Gasteiger partial charge on any atom is 0.242 e. The molecule has 0 spiro atoms. The molecule has 0 aliphatic carbocycles. The standard InChI is InChI=1S/C12H20N6OS/c13-17-10-14-11(18-5-1-2-6-18)16-12(15-10)20-8-9-4-3-7-19-9/h9H,1-8,13H2,(H,14,15,16,17). The van der Waals surface area contributed by atoms with Gasteiger partial charge in [0.15, 0.2) is 5.16 Å². The number of rotatable bonds is 5. The monoisotopic (exact) mass is 296 g/mol. The summed E-state index contributed by atoms with van der Waals surface area (Å²) in [6, 6.07) is 0. The van der Waals surface area contributed by atoms with Gasteiger partial charge in [-0.2, -0.15) is 15.0 Å². The van der Waals surface area contributed by atoms with Crippen LogP contribution >= 0.6 is 11.8 Å². The van der Waals surface area contributed by atoms with E-state index in [0.29, 0.717) is 17.2 Å². The Balaban J connectivity index is 1.69. The average molecular weight is 296 g/mol. The molecule has 3 rings (SSSR count). The van der Waals surface area contributed by atoms with Gasteiger partial charge in [0, 0.05) is 25.4 Å². The summed E-state index contributed by atoms with van der Waals surface area (Å²) in [5, 5.41) is 0.713. The first-order chi connectivity index (χ1) is 9.85. The summed E-state index contributed by atoms with van der Waals surface area (Å²) < 4.78 is 5.62. The molecule has 0 saturated carbocycles. The van der Waals surface area contributed by atoms with Gasteiger partial charge >= 0.3 is 0 Å². The number of hydrogen-bond donors (Lipinski definition) is 2. The van der Waals surface area contributed by atoms with E-state index in [1.165, 1.54) is 12.8 Å². The number of nitrogens with one attached hydrogen (secondary N) is 1. The first-order valence-corrected chi connectivity index (χ1v) is 8.06. The molecule has 2 saturated heterocycles. The Labute approximate surface area is 122 Å². The van der Waals surface area contributed by atoms with Crippen LogP contribution in [-0.4, -0.2) is 46.5 Å². The molecule has 1 aromatic heterocycles. The predicted molar refractivity (Wildman–Crippen MR) is 78.8 cm³/mol. The summed E-state index contributed by atoms with van der Waals surface area (Å²) in [4.78, 5) is 15.4. The predicted octanol–water partition coefficient (Wildman–Crippen LogP) is 1.03. The second kappa shape index (κ2) is 6.55. The van der Waals surface area contributed by atoms with Crippen molar-refractivity contribution in [3.05, 3.63) is 0 Å². The van der Waals surface area contributed by atoms with Crippen LogP contribution in [0.4, 0.5) is 11.9 Å². The van der Waals surface area contributed by atoms with E-state index >= 15 is 0 Å². The van der Waals surface area contributed by atoms with Crippen LogP contribution < -0.4 is 16.2 Å². The number of thioether (sulfide) groups is 1. The van der Waals surface area contributed by atoms with Gasteiger partial charge in [-0.15, -0.1) is 0 Å². The van der Waals surface area contributed by atoms with Gasteiger partial charge in [0.1, 0.15) is 0 Å². The smallest absolute Gasteiger partial charge is 0.242 e. The van der Waals surface area contributed by atoms with Crippen molar-refractivity contribution in [1.82, 2.24) is 15.0 Å². The average Bonchev–Trinajstić information content (AvgIpc) is 3.17. The molecule has 1 aromatic rings. The van der Waals surface area contributed by atoms with Gasteiger partial charge in [-0.3, -0.25) is 5.43 Å². The fraction of sp³-hybridized carbons (Fsp3) is 0.750. The number of hydrogen-bond acceptors (Lipinski definition) is 8. The molecule has 2 aliphatic heterocycles. The normalized spacial score (nSPS) is 22.4. The van der Waals surface area contributed by atoms with Gasteiger partial charge < -0.3 is 9.64 Å². The van der Waals surface area contributed by atoms with Crippen molar-refractivity contribution < 1.29 is 4.74 Å². The minimum atomic E-state index is 0.321. The third-order valence-electron chi connectivity index (χ3n) is 3.54. The third-order valence-corrected chi connectivity index (χ3v) is 4.52. The molecule has 0 amide bonds. The van der Waals surface area contributed by atoms with Gasteiger partial charge in [0.05, 0.1) is 6.10 Å². The number of hydrazine groups is 1. The highest BCUT2D eigenvalue weighted by Crippen LogP contribution is 2.24. The summed E-state index contributed by atoms with van der Waals surface area (Å²) >= 11 is 1.61. The summed E-state index contributed by atoms with van der Waals surface area (Å²) in [7, 11) is 0. The lowest BCUT2D eigenvalue weighted by atomic mass is 10.3. The minimum Gasteiger partial charge on any atom is -0.377 e. The van der Waals surface area contributed by atoms with Crippen molar-refractivity contribution in [3.63, 3.8) is 0 Å². The highest BCUT2D eigenvalue weighted by molar-refractivity contribution is 7.99. The largest absolute Gasteiger partial charge is 0.377 e. The van der Waals surface area contributed by atoms with Crippen molar-refractivity contribution in [2.45, 2.75) is 36.9 Å². The van der Waals surface area contributed by atoms with E-state index in [-0.39, 0.29) is 0 Å². The van der Waals surface area contributed by atoms with Gasteiger partial charge in [0.2, 0.25) is 11.9 Å². The van der Waals surface area contributed by atoms with Crippen LogP contribution in [-0.2, 0) is 4.74 Å². The van der Waals surface area contributed by atoms with Crippen molar-refractivity contribution >= 4 is 23.7 Å². The summed E-state index contributed by atoms with van der Waals surface area (Å²) in [5.41, 5.74) is 2.53. The Morgan fingerprint density at radius 2 is 2.10 bits per heavy atom. The maximum atomic E-state index is 5.62. The second-order valence-electron chi connectivity index (χ2n) is 5.03. The van der Waals surface area contributed by atoms with Crippen LogP contribution in [0.1, 0.15) is 25.7 Å². The topological polar surface area (TPSA) is 89.2 Å². The number of anilines is 2. The summed E-state index contributed by atoms with van der Waals surface area (Å²) in [6.45, 7) is 2.88. The molecule has 2 fully saturated rings. The van der Waals surface area contributed by atoms with E-state index in [2.05, 4.69) is 25.3 Å². The molecule has 110 valence electrons. The van der Waals surface area contributed by atoms with Crippen molar-refractivity contribution in [3.8, 4) is 0 Å². The number of nitrogens with zero attached hydrogens (tertiary/aromatic N) is 4. The Morgan fingerprint density at radius 1 is 1.25 bits per heavy atom. The van der Waals surface area contributed by atoms with Crippen LogP contribution in [0.25, 0.3) is 0 Å². The Morgan fingerprint density at radius 3 is 2.80 bits per heavy atom. The van der Waals surface area contributed by atoms with Crippen molar-refractivity contribution in [2.24, 2.45) is 5.84 Å². The van der Waals surface area contributed by atoms with Crippen LogP contribution in [0, 0.1) is 0 Å². The van der Waals surface area contributed by atoms with E-state index in [9.17, 15) is 0 Å². The highest BCUT2D eigenvalue weighted by atomic mass is 32.2. The van der Waals surface area contributed by atoms with E-state index in [1.54, 1.807) is 11.8 Å². The summed E-state index contributed by atoms with van der Waals surface area (Å²) in [6.07, 6.45) is 4.97. The van der Waals surface area contributed by atoms with Crippen LogP contribution in [0.15, 0.2) is 5.16 Å². The lowest BCUT2D eigenvalue weighted by Gasteiger charge is -2.16. The molecule has 1 atom stereocenters. The Bertz CT molecular complexity index is 448. The zero-order valence-corrected chi connectivity index (χ0v) is 12.2. The van der Waals surface area contributed by atoms with Crippen LogP contribution in [0.3, 0.4) is 0 Å². The number of nitrogen functional groups attached to an aromatic ring is 1. The minimum absolute atomic E-state index is 0.321.